The standard InChI is InChI=1S/C17H18N4O4S3/c1-12-4-6-13(7-5-12)15(22)19-16-20-21-17(27-16)28(23,24)18-8-10-26-11-14-3-2-9-25-14/h2-7,9,18H,8,10-11H2,1H3,(H,19,20,22). The minimum Gasteiger partial charge on any atom is -0.468 e. The molecular formula is C17H18N4O4S3. The number of sulfonamides is 1. The van der Waals surface area contributed by atoms with Crippen molar-refractivity contribution in [2.75, 3.05) is 17.6 Å². The highest BCUT2D eigenvalue weighted by Crippen LogP contribution is 2.20. The maximum Gasteiger partial charge on any atom is 0.269 e. The SMILES string of the molecule is Cc1ccc(C(=O)Nc2nnc(S(=O)(=O)NCCSCc3ccco3)s2)cc1. The number of aryl methyl sites for hydroxylation is 1. The second kappa shape index (κ2) is 9.32. The molecule has 0 saturated carbocycles. The van der Waals surface area contributed by atoms with Gasteiger partial charge in [-0.15, -0.1) is 10.2 Å². The van der Waals surface area contributed by atoms with E-state index in [0.717, 1.165) is 22.7 Å². The Balaban J connectivity index is 1.50. The molecule has 2 heterocycles. The van der Waals surface area contributed by atoms with Crippen molar-refractivity contribution in [1.82, 2.24) is 14.9 Å². The van der Waals surface area contributed by atoms with E-state index in [1.165, 1.54) is 0 Å². The summed E-state index contributed by atoms with van der Waals surface area (Å²) < 4.78 is 32.1. The van der Waals surface area contributed by atoms with E-state index in [1.54, 1.807) is 30.2 Å². The second-order valence-electron chi connectivity index (χ2n) is 5.72. The van der Waals surface area contributed by atoms with Crippen molar-refractivity contribution in [1.29, 1.82) is 0 Å². The first-order valence-electron chi connectivity index (χ1n) is 8.25. The lowest BCUT2D eigenvalue weighted by molar-refractivity contribution is 0.102. The number of carbonyl (C=O) groups is 1. The smallest absolute Gasteiger partial charge is 0.269 e. The first kappa shape index (κ1) is 20.5. The van der Waals surface area contributed by atoms with E-state index in [2.05, 4.69) is 20.2 Å². The van der Waals surface area contributed by atoms with E-state index in [0.29, 0.717) is 17.1 Å². The molecule has 0 aliphatic rings. The molecular weight excluding hydrogens is 420 g/mol. The molecule has 1 aromatic carbocycles. The van der Waals surface area contributed by atoms with Crippen molar-refractivity contribution in [3.05, 3.63) is 59.5 Å². The van der Waals surface area contributed by atoms with Crippen LogP contribution in [0.25, 0.3) is 0 Å². The minimum absolute atomic E-state index is 0.123. The highest BCUT2D eigenvalue weighted by Gasteiger charge is 2.20. The van der Waals surface area contributed by atoms with Crippen LogP contribution in [-0.2, 0) is 15.8 Å². The zero-order chi connectivity index (χ0) is 20.0. The summed E-state index contributed by atoms with van der Waals surface area (Å²) in [5.41, 5.74) is 1.49. The molecule has 11 heteroatoms. The van der Waals surface area contributed by atoms with Crippen molar-refractivity contribution in [2.24, 2.45) is 0 Å². The van der Waals surface area contributed by atoms with Crippen LogP contribution in [0.3, 0.4) is 0 Å². The Morgan fingerprint density at radius 2 is 2.00 bits per heavy atom. The van der Waals surface area contributed by atoms with Crippen LogP contribution in [0.4, 0.5) is 5.13 Å². The van der Waals surface area contributed by atoms with Crippen LogP contribution in [0.2, 0.25) is 0 Å². The monoisotopic (exact) mass is 438 g/mol. The maximum absolute atomic E-state index is 12.3. The number of nitrogens with zero attached hydrogens (tertiary/aromatic N) is 2. The van der Waals surface area contributed by atoms with Gasteiger partial charge in [0.25, 0.3) is 15.9 Å². The average Bonchev–Trinajstić information content (AvgIpc) is 3.34. The van der Waals surface area contributed by atoms with Crippen molar-refractivity contribution < 1.29 is 17.6 Å². The molecule has 3 rings (SSSR count). The molecule has 3 aromatic rings. The largest absolute Gasteiger partial charge is 0.468 e. The molecule has 0 saturated heterocycles. The molecule has 1 amide bonds. The molecule has 0 aliphatic carbocycles. The molecule has 0 bridgehead atoms. The molecule has 0 spiro atoms. The number of furan rings is 1. The molecule has 0 radical (unpaired) electrons. The number of hydrogen-bond donors (Lipinski definition) is 2. The number of nitrogens with one attached hydrogen (secondary N) is 2. The molecule has 148 valence electrons. The number of amides is 1. The third-order valence-electron chi connectivity index (χ3n) is 3.53. The first-order chi connectivity index (χ1) is 13.4. The molecule has 2 N–H and O–H groups in total. The van der Waals surface area contributed by atoms with Crippen LogP contribution in [0.1, 0.15) is 21.7 Å². The maximum atomic E-state index is 12.3. The summed E-state index contributed by atoms with van der Waals surface area (Å²) in [5.74, 6) is 1.71. The number of aromatic nitrogens is 2. The van der Waals surface area contributed by atoms with Crippen LogP contribution in [-0.4, -0.2) is 36.8 Å². The first-order valence-corrected chi connectivity index (χ1v) is 11.7. The van der Waals surface area contributed by atoms with Crippen LogP contribution in [0.15, 0.2) is 51.4 Å². The lowest BCUT2D eigenvalue weighted by Gasteiger charge is -2.03. The summed E-state index contributed by atoms with van der Waals surface area (Å²) in [5, 5.41) is 10.1. The topological polar surface area (TPSA) is 114 Å². The fourth-order valence-corrected chi connectivity index (χ4v) is 4.97. The Labute approximate surface area is 170 Å². The van der Waals surface area contributed by atoms with Gasteiger partial charge in [-0.25, -0.2) is 13.1 Å². The van der Waals surface area contributed by atoms with Gasteiger partial charge in [-0.3, -0.25) is 10.1 Å². The Kier molecular flexibility index (Phi) is 6.83. The van der Waals surface area contributed by atoms with Gasteiger partial charge in [-0.05, 0) is 31.2 Å². The highest BCUT2D eigenvalue weighted by atomic mass is 32.2. The van der Waals surface area contributed by atoms with Gasteiger partial charge in [0.2, 0.25) is 9.47 Å². The Hall–Kier alpha value is -2.21. The molecule has 2 aromatic heterocycles. The van der Waals surface area contributed by atoms with E-state index >= 15 is 0 Å². The van der Waals surface area contributed by atoms with Gasteiger partial charge in [0.05, 0.1) is 12.0 Å². The fourth-order valence-electron chi connectivity index (χ4n) is 2.12. The normalized spacial score (nSPS) is 11.5. The number of benzene rings is 1. The lowest BCUT2D eigenvalue weighted by Crippen LogP contribution is -2.26. The van der Waals surface area contributed by atoms with Crippen LogP contribution >= 0.6 is 23.1 Å². The van der Waals surface area contributed by atoms with Crippen LogP contribution in [0.5, 0.6) is 0 Å². The third-order valence-corrected chi connectivity index (χ3v) is 7.18. The van der Waals surface area contributed by atoms with Crippen molar-refractivity contribution in [3.8, 4) is 0 Å². The van der Waals surface area contributed by atoms with Gasteiger partial charge in [-0.1, -0.05) is 29.0 Å². The number of hydrogen-bond acceptors (Lipinski definition) is 8. The van der Waals surface area contributed by atoms with Gasteiger partial charge < -0.3 is 4.42 Å². The Bertz CT molecular complexity index is 1020. The van der Waals surface area contributed by atoms with E-state index in [9.17, 15) is 13.2 Å². The molecule has 0 aliphatic heterocycles. The van der Waals surface area contributed by atoms with E-state index < -0.39 is 10.0 Å². The summed E-state index contributed by atoms with van der Waals surface area (Å²) in [6.45, 7) is 2.17. The minimum atomic E-state index is -3.77. The zero-order valence-electron chi connectivity index (χ0n) is 14.9. The van der Waals surface area contributed by atoms with Crippen LogP contribution < -0.4 is 10.0 Å². The molecule has 28 heavy (non-hydrogen) atoms. The van der Waals surface area contributed by atoms with Gasteiger partial charge in [0.15, 0.2) is 0 Å². The van der Waals surface area contributed by atoms with Crippen LogP contribution in [0, 0.1) is 6.92 Å². The number of thioether (sulfide) groups is 1. The molecule has 0 fully saturated rings. The summed E-state index contributed by atoms with van der Waals surface area (Å²) in [7, 11) is -3.77. The summed E-state index contributed by atoms with van der Waals surface area (Å²) in [6.07, 6.45) is 1.60. The summed E-state index contributed by atoms with van der Waals surface area (Å²) in [6, 6.07) is 10.7. The molecule has 0 unspecified atom stereocenters. The van der Waals surface area contributed by atoms with E-state index in [-0.39, 0.29) is 21.9 Å². The zero-order valence-corrected chi connectivity index (χ0v) is 17.4. The third kappa shape index (κ3) is 5.64. The van der Waals surface area contributed by atoms with Crippen molar-refractivity contribution in [2.45, 2.75) is 17.0 Å². The van der Waals surface area contributed by atoms with Gasteiger partial charge in [0.1, 0.15) is 5.76 Å². The number of carbonyl (C=O) groups excluding carboxylic acids is 1. The second-order valence-corrected chi connectivity index (χ2v) is 9.75. The van der Waals surface area contributed by atoms with E-state index in [1.807, 2.05) is 31.2 Å². The Morgan fingerprint density at radius 3 is 2.71 bits per heavy atom. The fraction of sp³-hybridized carbons (Fsp3) is 0.235. The molecule has 0 atom stereocenters. The van der Waals surface area contributed by atoms with E-state index in [4.69, 9.17) is 4.42 Å². The predicted octanol–water partition coefficient (Wildman–Crippen LogP) is 2.90. The number of anilines is 1. The average molecular weight is 439 g/mol. The van der Waals surface area contributed by atoms with Crippen molar-refractivity contribution in [3.63, 3.8) is 0 Å². The summed E-state index contributed by atoms with van der Waals surface area (Å²) in [4.78, 5) is 12.2. The van der Waals surface area contributed by atoms with Gasteiger partial charge in [-0.2, -0.15) is 11.8 Å². The van der Waals surface area contributed by atoms with Gasteiger partial charge in [0, 0.05) is 17.9 Å². The predicted molar refractivity (Wildman–Crippen MR) is 109 cm³/mol. The summed E-state index contributed by atoms with van der Waals surface area (Å²) >= 11 is 2.35. The quantitative estimate of drug-likeness (QED) is 0.390. The van der Waals surface area contributed by atoms with Gasteiger partial charge >= 0.3 is 0 Å². The van der Waals surface area contributed by atoms with Crippen molar-refractivity contribution >= 4 is 44.2 Å². The molecule has 8 nitrogen and oxygen atoms in total. The Morgan fingerprint density at radius 1 is 1.21 bits per heavy atom. The highest BCUT2D eigenvalue weighted by molar-refractivity contribution is 7.98. The number of rotatable bonds is 9. The lowest BCUT2D eigenvalue weighted by atomic mass is 10.1.